The van der Waals surface area contributed by atoms with Crippen LogP contribution in [0.2, 0.25) is 0 Å². The largest absolute Gasteiger partial charge is 0.382 e. The van der Waals surface area contributed by atoms with E-state index in [1.807, 2.05) is 0 Å². The van der Waals surface area contributed by atoms with Crippen molar-refractivity contribution < 1.29 is 18.3 Å². The summed E-state index contributed by atoms with van der Waals surface area (Å²) < 4.78 is 37.5. The molecule has 0 fully saturated rings. The number of aryl methyl sites for hydroxylation is 1. The van der Waals surface area contributed by atoms with Crippen molar-refractivity contribution in [3.8, 4) is 0 Å². The molecule has 1 unspecified atom stereocenters. The summed E-state index contributed by atoms with van der Waals surface area (Å²) in [5, 5.41) is 0. The molecule has 6 heteroatoms. The van der Waals surface area contributed by atoms with Gasteiger partial charge in [-0.25, -0.2) is 8.78 Å². The van der Waals surface area contributed by atoms with Crippen LogP contribution in [0.3, 0.4) is 0 Å². The van der Waals surface area contributed by atoms with Gasteiger partial charge in [0.25, 0.3) is 0 Å². The third-order valence-electron chi connectivity index (χ3n) is 2.59. The monoisotopic (exact) mass is 260 g/mol. The summed E-state index contributed by atoms with van der Waals surface area (Å²) >= 11 is 0. The molecule has 1 atom stereocenters. The minimum absolute atomic E-state index is 0.0666. The normalized spacial score (nSPS) is 12.7. The number of nitrogens with two attached hydrogens (primary N) is 1. The molecule has 0 spiro atoms. The molecule has 0 radical (unpaired) electrons. The minimum Gasteiger partial charge on any atom is -0.382 e. The predicted molar refractivity (Wildman–Crippen MR) is 63.9 cm³/mol. The van der Waals surface area contributed by atoms with Gasteiger partial charge in [0.2, 0.25) is 0 Å². The highest BCUT2D eigenvalue weighted by Crippen LogP contribution is 2.23. The van der Waals surface area contributed by atoms with Crippen LogP contribution in [0.25, 0.3) is 0 Å². The van der Waals surface area contributed by atoms with Crippen molar-refractivity contribution in [1.29, 1.82) is 0 Å². The van der Waals surface area contributed by atoms with E-state index in [-0.39, 0.29) is 12.2 Å². The number of hydrogen-bond acceptors (Lipinski definition) is 4. The molecule has 1 rings (SSSR count). The van der Waals surface area contributed by atoms with Gasteiger partial charge in [0.15, 0.2) is 0 Å². The van der Waals surface area contributed by atoms with Crippen molar-refractivity contribution in [2.24, 2.45) is 5.84 Å². The second-order valence-electron chi connectivity index (χ2n) is 3.88. The number of ether oxygens (including phenoxy) is 2. The zero-order chi connectivity index (χ0) is 13.5. The quantitative estimate of drug-likeness (QED) is 0.442. The highest BCUT2D eigenvalue weighted by atomic mass is 19.1. The SMILES string of the molecule is COCCOCC(NN)c1c(F)ccc(C)c1F. The minimum atomic E-state index is -0.734. The predicted octanol–water partition coefficient (Wildman–Crippen LogP) is 1.44. The van der Waals surface area contributed by atoms with Gasteiger partial charge in [-0.1, -0.05) is 6.07 Å². The molecule has 1 aromatic rings. The maximum atomic E-state index is 13.9. The molecule has 102 valence electrons. The van der Waals surface area contributed by atoms with Crippen molar-refractivity contribution in [3.63, 3.8) is 0 Å². The lowest BCUT2D eigenvalue weighted by Gasteiger charge is -2.18. The summed E-state index contributed by atoms with van der Waals surface area (Å²) in [5.74, 6) is 4.07. The first kappa shape index (κ1) is 15.0. The van der Waals surface area contributed by atoms with E-state index in [1.165, 1.54) is 12.1 Å². The number of methoxy groups -OCH3 is 1. The molecule has 0 saturated carbocycles. The highest BCUT2D eigenvalue weighted by Gasteiger charge is 2.20. The Labute approximate surface area is 105 Å². The molecular weight excluding hydrogens is 242 g/mol. The second kappa shape index (κ2) is 7.38. The zero-order valence-corrected chi connectivity index (χ0v) is 10.5. The molecule has 0 amide bonds. The maximum Gasteiger partial charge on any atom is 0.133 e. The van der Waals surface area contributed by atoms with Gasteiger partial charge in [-0.05, 0) is 18.6 Å². The van der Waals surface area contributed by atoms with Gasteiger partial charge in [0.1, 0.15) is 11.6 Å². The van der Waals surface area contributed by atoms with Crippen LogP contribution in [0.5, 0.6) is 0 Å². The van der Waals surface area contributed by atoms with Gasteiger partial charge >= 0.3 is 0 Å². The van der Waals surface area contributed by atoms with E-state index in [9.17, 15) is 8.78 Å². The Hall–Kier alpha value is -1.08. The van der Waals surface area contributed by atoms with Crippen molar-refractivity contribution in [3.05, 3.63) is 34.9 Å². The van der Waals surface area contributed by atoms with Gasteiger partial charge < -0.3 is 9.47 Å². The van der Waals surface area contributed by atoms with E-state index in [0.717, 1.165) is 0 Å². The standard InChI is InChI=1S/C12H18F2N2O2/c1-8-3-4-9(13)11(12(8)14)10(16-15)7-18-6-5-17-2/h3-4,10,16H,5-7,15H2,1-2H3. The summed E-state index contributed by atoms with van der Waals surface area (Å²) in [6.07, 6.45) is 0. The van der Waals surface area contributed by atoms with E-state index in [4.69, 9.17) is 15.3 Å². The third kappa shape index (κ3) is 3.71. The molecule has 0 saturated heterocycles. The van der Waals surface area contributed by atoms with Crippen LogP contribution in [0, 0.1) is 18.6 Å². The lowest BCUT2D eigenvalue weighted by molar-refractivity contribution is 0.0575. The fourth-order valence-corrected chi connectivity index (χ4v) is 1.56. The van der Waals surface area contributed by atoms with E-state index in [1.54, 1.807) is 14.0 Å². The number of hydrazine groups is 1. The van der Waals surface area contributed by atoms with Gasteiger partial charge in [-0.3, -0.25) is 11.3 Å². The molecule has 1 aromatic carbocycles. The molecule has 4 nitrogen and oxygen atoms in total. The van der Waals surface area contributed by atoms with Crippen molar-refractivity contribution in [1.82, 2.24) is 5.43 Å². The van der Waals surface area contributed by atoms with Crippen LogP contribution in [-0.4, -0.2) is 26.9 Å². The fraction of sp³-hybridized carbons (Fsp3) is 0.500. The Kier molecular flexibility index (Phi) is 6.14. The average molecular weight is 260 g/mol. The van der Waals surface area contributed by atoms with Crippen LogP contribution in [-0.2, 0) is 9.47 Å². The average Bonchev–Trinajstić information content (AvgIpc) is 2.37. The summed E-state index contributed by atoms with van der Waals surface area (Å²) in [6.45, 7) is 2.38. The Morgan fingerprint density at radius 1 is 1.33 bits per heavy atom. The van der Waals surface area contributed by atoms with Crippen molar-refractivity contribution in [2.45, 2.75) is 13.0 Å². The molecule has 0 heterocycles. The number of rotatable bonds is 7. The van der Waals surface area contributed by atoms with E-state index in [2.05, 4.69) is 5.43 Å². The first-order valence-corrected chi connectivity index (χ1v) is 5.59. The number of nitrogens with one attached hydrogen (secondary N) is 1. The van der Waals surface area contributed by atoms with E-state index in [0.29, 0.717) is 18.8 Å². The van der Waals surface area contributed by atoms with Crippen LogP contribution in [0.15, 0.2) is 12.1 Å². The first-order valence-electron chi connectivity index (χ1n) is 5.59. The molecule has 0 aliphatic rings. The lowest BCUT2D eigenvalue weighted by atomic mass is 10.0. The number of halogens is 2. The molecular formula is C12H18F2N2O2. The maximum absolute atomic E-state index is 13.9. The highest BCUT2D eigenvalue weighted by molar-refractivity contribution is 5.29. The number of benzene rings is 1. The van der Waals surface area contributed by atoms with Crippen molar-refractivity contribution >= 4 is 0 Å². The summed E-state index contributed by atoms with van der Waals surface area (Å²) in [6, 6.07) is 1.86. The fourth-order valence-electron chi connectivity index (χ4n) is 1.56. The topological polar surface area (TPSA) is 56.5 Å². The van der Waals surface area contributed by atoms with E-state index >= 15 is 0 Å². The number of hydrogen-bond donors (Lipinski definition) is 2. The Bertz CT molecular complexity index is 389. The molecule has 3 N–H and O–H groups in total. The Morgan fingerprint density at radius 3 is 2.67 bits per heavy atom. The van der Waals surface area contributed by atoms with Crippen molar-refractivity contribution in [2.75, 3.05) is 26.9 Å². The van der Waals surface area contributed by atoms with E-state index < -0.39 is 17.7 Å². The van der Waals surface area contributed by atoms with Gasteiger partial charge in [0.05, 0.1) is 25.9 Å². The van der Waals surface area contributed by atoms with Crippen LogP contribution >= 0.6 is 0 Å². The molecule has 0 aliphatic heterocycles. The summed E-state index contributed by atoms with van der Waals surface area (Å²) in [4.78, 5) is 0. The van der Waals surface area contributed by atoms with Gasteiger partial charge in [0, 0.05) is 12.7 Å². The van der Waals surface area contributed by atoms with Crippen LogP contribution in [0.4, 0.5) is 8.78 Å². The molecule has 0 bridgehead atoms. The first-order chi connectivity index (χ1) is 8.61. The second-order valence-corrected chi connectivity index (χ2v) is 3.88. The molecule has 0 aromatic heterocycles. The molecule has 18 heavy (non-hydrogen) atoms. The summed E-state index contributed by atoms with van der Waals surface area (Å²) in [5.41, 5.74) is 2.62. The van der Waals surface area contributed by atoms with Crippen LogP contribution in [0.1, 0.15) is 17.2 Å². The third-order valence-corrected chi connectivity index (χ3v) is 2.59. The lowest BCUT2D eigenvalue weighted by Crippen LogP contribution is -2.33. The van der Waals surface area contributed by atoms with Crippen LogP contribution < -0.4 is 11.3 Å². The Morgan fingerprint density at radius 2 is 2.06 bits per heavy atom. The zero-order valence-electron chi connectivity index (χ0n) is 10.5. The molecule has 0 aliphatic carbocycles. The Balaban J connectivity index is 2.78. The summed E-state index contributed by atoms with van der Waals surface area (Å²) in [7, 11) is 1.54. The van der Waals surface area contributed by atoms with Gasteiger partial charge in [-0.2, -0.15) is 0 Å². The van der Waals surface area contributed by atoms with Gasteiger partial charge in [-0.15, -0.1) is 0 Å². The smallest absolute Gasteiger partial charge is 0.133 e.